The molecule has 1 heterocycles. The first-order valence-electron chi connectivity index (χ1n) is 7.15. The smallest absolute Gasteiger partial charge is 0.313 e. The van der Waals surface area contributed by atoms with Crippen LogP contribution in [0.15, 0.2) is 11.4 Å². The van der Waals surface area contributed by atoms with E-state index in [0.717, 1.165) is 17.4 Å². The first kappa shape index (κ1) is 15.4. The zero-order valence-electron chi connectivity index (χ0n) is 11.9. The molecule has 1 aliphatic carbocycles. The molecule has 0 unspecified atom stereocenters. The lowest BCUT2D eigenvalue weighted by atomic mass is 9.98. The monoisotopic (exact) mass is 298 g/mol. The maximum absolute atomic E-state index is 10.6. The molecular weight excluding hydrogens is 276 g/mol. The van der Waals surface area contributed by atoms with Crippen LogP contribution in [0.1, 0.15) is 37.8 Å². The van der Waals surface area contributed by atoms with Crippen LogP contribution in [0.2, 0.25) is 0 Å². The number of aryl methyl sites for hydroxylation is 1. The van der Waals surface area contributed by atoms with Crippen molar-refractivity contribution in [2.24, 2.45) is 0 Å². The van der Waals surface area contributed by atoms with Gasteiger partial charge >= 0.3 is 5.97 Å². The predicted molar refractivity (Wildman–Crippen MR) is 78.1 cm³/mol. The average molecular weight is 298 g/mol. The van der Waals surface area contributed by atoms with E-state index in [1.54, 1.807) is 6.20 Å². The van der Waals surface area contributed by atoms with E-state index in [0.29, 0.717) is 12.7 Å². The Bertz CT molecular complexity index is 442. The second kappa shape index (κ2) is 7.69. The minimum absolute atomic E-state index is 0.0416. The van der Waals surface area contributed by atoms with E-state index in [-0.39, 0.29) is 5.75 Å². The molecule has 1 aliphatic rings. The van der Waals surface area contributed by atoms with Gasteiger partial charge in [0.25, 0.3) is 0 Å². The fourth-order valence-electron chi connectivity index (χ4n) is 2.49. The van der Waals surface area contributed by atoms with E-state index in [4.69, 9.17) is 9.84 Å². The quantitative estimate of drug-likeness (QED) is 0.784. The maximum atomic E-state index is 10.6. The number of imidazole rings is 1. The van der Waals surface area contributed by atoms with Crippen LogP contribution in [0.3, 0.4) is 0 Å². The van der Waals surface area contributed by atoms with E-state index < -0.39 is 5.97 Å². The number of nitrogens with zero attached hydrogens (tertiary/aromatic N) is 2. The van der Waals surface area contributed by atoms with Gasteiger partial charge in [0.2, 0.25) is 0 Å². The highest BCUT2D eigenvalue weighted by atomic mass is 32.2. The van der Waals surface area contributed by atoms with Crippen molar-refractivity contribution < 1.29 is 14.6 Å². The molecule has 1 saturated carbocycles. The number of carboxylic acid groups (broad SMARTS) is 1. The van der Waals surface area contributed by atoms with Crippen molar-refractivity contribution in [3.63, 3.8) is 0 Å². The topological polar surface area (TPSA) is 64.3 Å². The number of carboxylic acids is 1. The first-order chi connectivity index (χ1) is 9.66. The van der Waals surface area contributed by atoms with E-state index in [2.05, 4.69) is 4.98 Å². The zero-order chi connectivity index (χ0) is 14.4. The van der Waals surface area contributed by atoms with Crippen molar-refractivity contribution in [3.8, 4) is 0 Å². The second-order valence-corrected chi connectivity index (χ2v) is 6.09. The lowest BCUT2D eigenvalue weighted by Gasteiger charge is -2.22. The molecule has 0 bridgehead atoms. The summed E-state index contributed by atoms with van der Waals surface area (Å²) in [4.78, 5) is 14.9. The average Bonchev–Trinajstić information content (AvgIpc) is 2.79. The van der Waals surface area contributed by atoms with Gasteiger partial charge in [-0.05, 0) is 19.8 Å². The molecule has 0 aromatic carbocycles. The van der Waals surface area contributed by atoms with Gasteiger partial charge in [-0.15, -0.1) is 0 Å². The largest absolute Gasteiger partial charge is 0.481 e. The van der Waals surface area contributed by atoms with Crippen LogP contribution in [0.25, 0.3) is 0 Å². The Labute approximate surface area is 123 Å². The van der Waals surface area contributed by atoms with Gasteiger partial charge in [-0.1, -0.05) is 31.0 Å². The molecule has 112 valence electrons. The van der Waals surface area contributed by atoms with Crippen LogP contribution in [0, 0.1) is 6.92 Å². The molecule has 0 spiro atoms. The van der Waals surface area contributed by atoms with Crippen LogP contribution < -0.4 is 0 Å². The molecular formula is C14H22N2O3S. The third-order valence-corrected chi connectivity index (χ3v) is 4.54. The van der Waals surface area contributed by atoms with Crippen LogP contribution >= 0.6 is 11.8 Å². The number of hydrogen-bond acceptors (Lipinski definition) is 4. The van der Waals surface area contributed by atoms with E-state index in [9.17, 15) is 4.79 Å². The molecule has 5 nitrogen and oxygen atoms in total. The highest BCUT2D eigenvalue weighted by Gasteiger charge is 2.14. The molecule has 0 atom stereocenters. The van der Waals surface area contributed by atoms with Gasteiger partial charge < -0.3 is 14.4 Å². The molecule has 2 rings (SSSR count). The van der Waals surface area contributed by atoms with Crippen LogP contribution in [-0.2, 0) is 16.1 Å². The molecule has 1 fully saturated rings. The SMILES string of the molecule is Cc1cnc(SCC(=O)O)n1CCOC1CCCCC1. The number of rotatable bonds is 7. The molecule has 6 heteroatoms. The fourth-order valence-corrected chi connectivity index (χ4v) is 3.27. The van der Waals surface area contributed by atoms with Gasteiger partial charge in [-0.3, -0.25) is 4.79 Å². The Hall–Kier alpha value is -1.01. The molecule has 20 heavy (non-hydrogen) atoms. The Morgan fingerprint density at radius 1 is 1.50 bits per heavy atom. The van der Waals surface area contributed by atoms with E-state index in [1.165, 1.54) is 43.9 Å². The van der Waals surface area contributed by atoms with Crippen LogP contribution in [0.5, 0.6) is 0 Å². The lowest BCUT2D eigenvalue weighted by molar-refractivity contribution is -0.133. The third-order valence-electron chi connectivity index (χ3n) is 3.56. The van der Waals surface area contributed by atoms with Crippen molar-refractivity contribution in [1.82, 2.24) is 9.55 Å². The van der Waals surface area contributed by atoms with E-state index in [1.807, 2.05) is 11.5 Å². The summed E-state index contributed by atoms with van der Waals surface area (Å²) in [6.07, 6.45) is 8.40. The van der Waals surface area contributed by atoms with Gasteiger partial charge in [-0.25, -0.2) is 4.98 Å². The number of aromatic nitrogens is 2. The summed E-state index contributed by atoms with van der Waals surface area (Å²) in [7, 11) is 0. The number of hydrogen-bond donors (Lipinski definition) is 1. The van der Waals surface area contributed by atoms with E-state index >= 15 is 0 Å². The van der Waals surface area contributed by atoms with Crippen molar-refractivity contribution in [1.29, 1.82) is 0 Å². The standard InChI is InChI=1S/C14H22N2O3S/c1-11-9-15-14(20-10-13(17)18)16(11)7-8-19-12-5-3-2-4-6-12/h9,12H,2-8,10H2,1H3,(H,17,18). The lowest BCUT2D eigenvalue weighted by Crippen LogP contribution is -2.19. The number of ether oxygens (including phenoxy) is 1. The van der Waals surface area contributed by atoms with Gasteiger partial charge in [0.1, 0.15) is 0 Å². The highest BCUT2D eigenvalue weighted by molar-refractivity contribution is 7.99. The summed E-state index contributed by atoms with van der Waals surface area (Å²) in [6.45, 7) is 3.39. The van der Waals surface area contributed by atoms with Crippen molar-refractivity contribution in [2.45, 2.75) is 56.8 Å². The molecule has 0 aliphatic heterocycles. The molecule has 1 aromatic heterocycles. The zero-order valence-corrected chi connectivity index (χ0v) is 12.7. The molecule has 1 aromatic rings. The van der Waals surface area contributed by atoms with Crippen LogP contribution in [-0.4, -0.2) is 39.1 Å². The van der Waals surface area contributed by atoms with Gasteiger partial charge in [0, 0.05) is 18.4 Å². The normalized spacial score (nSPS) is 16.4. The molecule has 0 radical (unpaired) electrons. The Balaban J connectivity index is 1.81. The summed E-state index contributed by atoms with van der Waals surface area (Å²) >= 11 is 1.26. The predicted octanol–water partition coefficient (Wildman–Crippen LogP) is 2.72. The number of aliphatic carboxylic acids is 1. The van der Waals surface area contributed by atoms with Crippen LogP contribution in [0.4, 0.5) is 0 Å². The number of carbonyl (C=O) groups is 1. The number of thioether (sulfide) groups is 1. The second-order valence-electron chi connectivity index (χ2n) is 5.15. The minimum Gasteiger partial charge on any atom is -0.481 e. The Kier molecular flexibility index (Phi) is 5.91. The molecule has 0 amide bonds. The summed E-state index contributed by atoms with van der Waals surface area (Å²) in [5.74, 6) is -0.777. The molecule has 1 N–H and O–H groups in total. The van der Waals surface area contributed by atoms with Crippen molar-refractivity contribution in [2.75, 3.05) is 12.4 Å². The third kappa shape index (κ3) is 4.52. The summed E-state index contributed by atoms with van der Waals surface area (Å²) in [6, 6.07) is 0. The highest BCUT2D eigenvalue weighted by Crippen LogP contribution is 2.21. The summed E-state index contributed by atoms with van der Waals surface area (Å²) in [5, 5.41) is 9.50. The Morgan fingerprint density at radius 3 is 2.95 bits per heavy atom. The summed E-state index contributed by atoms with van der Waals surface area (Å²) in [5.41, 5.74) is 1.05. The van der Waals surface area contributed by atoms with Crippen molar-refractivity contribution >= 4 is 17.7 Å². The van der Waals surface area contributed by atoms with Gasteiger partial charge in [-0.2, -0.15) is 0 Å². The molecule has 0 saturated heterocycles. The summed E-state index contributed by atoms with van der Waals surface area (Å²) < 4.78 is 7.96. The minimum atomic E-state index is -0.819. The maximum Gasteiger partial charge on any atom is 0.313 e. The van der Waals surface area contributed by atoms with Gasteiger partial charge in [0.05, 0.1) is 18.5 Å². The van der Waals surface area contributed by atoms with Gasteiger partial charge in [0.15, 0.2) is 5.16 Å². The van der Waals surface area contributed by atoms with Crippen molar-refractivity contribution in [3.05, 3.63) is 11.9 Å². The Morgan fingerprint density at radius 2 is 2.25 bits per heavy atom. The fraction of sp³-hybridized carbons (Fsp3) is 0.714. The first-order valence-corrected chi connectivity index (χ1v) is 8.13.